The van der Waals surface area contributed by atoms with Crippen molar-refractivity contribution in [3.05, 3.63) is 45.2 Å². The summed E-state index contributed by atoms with van der Waals surface area (Å²) in [6, 6.07) is 5.85. The van der Waals surface area contributed by atoms with Crippen LogP contribution in [0.25, 0.3) is 0 Å². The van der Waals surface area contributed by atoms with Gasteiger partial charge in [-0.25, -0.2) is 0 Å². The van der Waals surface area contributed by atoms with Gasteiger partial charge in [0, 0.05) is 12.7 Å². The number of halogens is 4. The molecule has 26 heavy (non-hydrogen) atoms. The lowest BCUT2D eigenvalue weighted by Gasteiger charge is -2.20. The van der Waals surface area contributed by atoms with Crippen LogP contribution in [0.1, 0.15) is 55.5 Å². The minimum absolute atomic E-state index is 0.00241. The second-order valence-electron chi connectivity index (χ2n) is 7.35. The Balaban J connectivity index is 2.03. The molecule has 0 radical (unpaired) electrons. The van der Waals surface area contributed by atoms with Crippen molar-refractivity contribution >= 4 is 38.8 Å². The fourth-order valence-corrected chi connectivity index (χ4v) is 4.76. The van der Waals surface area contributed by atoms with Crippen LogP contribution in [0.15, 0.2) is 22.8 Å². The van der Waals surface area contributed by atoms with Crippen LogP contribution in [-0.4, -0.2) is 14.8 Å². The highest BCUT2D eigenvalue weighted by atomic mass is 79.9. The van der Waals surface area contributed by atoms with Crippen LogP contribution in [-0.2, 0) is 18.6 Å². The van der Waals surface area contributed by atoms with E-state index in [0.717, 1.165) is 22.4 Å². The number of nitrogens with one attached hydrogen (secondary N) is 1. The molecular weight excluding hydrogens is 427 g/mol. The van der Waals surface area contributed by atoms with E-state index in [4.69, 9.17) is 12.2 Å². The summed E-state index contributed by atoms with van der Waals surface area (Å²) in [4.78, 5) is 0.00241. The van der Waals surface area contributed by atoms with Crippen molar-refractivity contribution in [2.45, 2.75) is 44.7 Å². The van der Waals surface area contributed by atoms with E-state index in [1.165, 1.54) is 12.6 Å². The Morgan fingerprint density at radius 1 is 1.38 bits per heavy atom. The van der Waals surface area contributed by atoms with E-state index in [1.54, 1.807) is 0 Å². The average Bonchev–Trinajstić information content (AvgIpc) is 2.94. The Hall–Kier alpha value is -1.41. The van der Waals surface area contributed by atoms with Gasteiger partial charge in [-0.1, -0.05) is 45.1 Å². The van der Waals surface area contributed by atoms with Gasteiger partial charge in [0.1, 0.15) is 9.59 Å². The van der Waals surface area contributed by atoms with Gasteiger partial charge in [0.25, 0.3) is 0 Å². The first-order valence-corrected chi connectivity index (χ1v) is 9.38. The van der Waals surface area contributed by atoms with E-state index in [0.29, 0.717) is 5.92 Å². The maximum absolute atomic E-state index is 13.3. The quantitative estimate of drug-likeness (QED) is 0.594. The monoisotopic (exact) mass is 445 g/mol. The first-order chi connectivity index (χ1) is 11.9. The second kappa shape index (κ2) is 6.34. The van der Waals surface area contributed by atoms with Gasteiger partial charge in [-0.15, -0.1) is 0 Å². The maximum Gasteiger partial charge on any atom is 0.435 e. The van der Waals surface area contributed by atoms with Crippen molar-refractivity contribution in [2.75, 3.05) is 5.32 Å². The van der Waals surface area contributed by atoms with Gasteiger partial charge in [-0.3, -0.25) is 4.68 Å². The molecule has 1 atom stereocenters. The van der Waals surface area contributed by atoms with Crippen molar-refractivity contribution in [1.29, 1.82) is 0 Å². The van der Waals surface area contributed by atoms with Crippen molar-refractivity contribution in [2.24, 2.45) is 7.05 Å². The number of benzene rings is 1. The van der Waals surface area contributed by atoms with E-state index in [-0.39, 0.29) is 20.6 Å². The molecule has 0 saturated heterocycles. The topological polar surface area (TPSA) is 29.9 Å². The minimum Gasteiger partial charge on any atom is -0.346 e. The van der Waals surface area contributed by atoms with E-state index in [1.807, 2.05) is 12.1 Å². The van der Waals surface area contributed by atoms with Gasteiger partial charge in [0.2, 0.25) is 0 Å². The zero-order valence-electron chi connectivity index (χ0n) is 14.8. The third-order valence-electron chi connectivity index (χ3n) is 4.87. The summed E-state index contributed by atoms with van der Waals surface area (Å²) >= 11 is 8.51. The molecule has 140 valence electrons. The summed E-state index contributed by atoms with van der Waals surface area (Å²) in [6.07, 6.45) is -3.60. The number of aryl methyl sites for hydroxylation is 1. The number of nitrogens with zero attached hydrogens (tertiary/aromatic N) is 2. The lowest BCUT2D eigenvalue weighted by Crippen LogP contribution is -2.18. The summed E-state index contributed by atoms with van der Waals surface area (Å²) in [5, 5.41) is 6.61. The van der Waals surface area contributed by atoms with Crippen molar-refractivity contribution in [3.8, 4) is 0 Å². The van der Waals surface area contributed by atoms with Crippen LogP contribution < -0.4 is 5.32 Å². The van der Waals surface area contributed by atoms with Crippen LogP contribution >= 0.6 is 28.1 Å². The van der Waals surface area contributed by atoms with Crippen LogP contribution in [0.2, 0.25) is 0 Å². The standard InChI is InChI=1S/C18H19BrF3N3S/c1-9-8-17(2,3)10-6-5-7-11(12(9)10)23-16(26)13-14(18(20,21)22)24-25(4)15(13)19/h5-7,9H,8H2,1-4H3,(H,23,26). The van der Waals surface area contributed by atoms with Crippen molar-refractivity contribution in [3.63, 3.8) is 0 Å². The predicted octanol–water partition coefficient (Wildman–Crippen LogP) is 5.77. The number of fused-ring (bicyclic) bond motifs is 1. The Kier molecular flexibility index (Phi) is 4.72. The van der Waals surface area contributed by atoms with Gasteiger partial charge in [0.05, 0.1) is 5.56 Å². The Morgan fingerprint density at radius 3 is 2.65 bits per heavy atom. The average molecular weight is 446 g/mol. The molecule has 3 nitrogen and oxygen atoms in total. The van der Waals surface area contributed by atoms with Gasteiger partial charge >= 0.3 is 6.18 Å². The lowest BCUT2D eigenvalue weighted by atomic mass is 9.86. The molecule has 1 unspecified atom stereocenters. The lowest BCUT2D eigenvalue weighted by molar-refractivity contribution is -0.141. The molecular formula is C18H19BrF3N3S. The fraction of sp³-hybridized carbons (Fsp3) is 0.444. The molecule has 0 amide bonds. The fourth-order valence-electron chi connectivity index (χ4n) is 3.86. The molecule has 8 heteroatoms. The molecule has 1 aliphatic rings. The maximum atomic E-state index is 13.3. The van der Waals surface area contributed by atoms with E-state index >= 15 is 0 Å². The van der Waals surface area contributed by atoms with Crippen LogP contribution in [0, 0.1) is 0 Å². The van der Waals surface area contributed by atoms with E-state index < -0.39 is 11.9 Å². The van der Waals surface area contributed by atoms with Crippen molar-refractivity contribution in [1.82, 2.24) is 9.78 Å². The largest absolute Gasteiger partial charge is 0.435 e. The molecule has 1 aromatic carbocycles. The molecule has 1 aliphatic carbocycles. The minimum atomic E-state index is -4.58. The molecule has 1 heterocycles. The highest BCUT2D eigenvalue weighted by Gasteiger charge is 2.40. The zero-order valence-corrected chi connectivity index (χ0v) is 17.2. The molecule has 2 aromatic rings. The van der Waals surface area contributed by atoms with Gasteiger partial charge < -0.3 is 5.32 Å². The molecule has 0 saturated carbocycles. The highest BCUT2D eigenvalue weighted by Crippen LogP contribution is 2.48. The smallest absolute Gasteiger partial charge is 0.346 e. The summed E-state index contributed by atoms with van der Waals surface area (Å²) in [5.41, 5.74) is 1.98. The Labute approximate surface area is 164 Å². The number of thiocarbonyl (C=S) groups is 1. The number of alkyl halides is 3. The van der Waals surface area contributed by atoms with Gasteiger partial charge in [-0.05, 0) is 50.9 Å². The first-order valence-electron chi connectivity index (χ1n) is 8.18. The molecule has 0 spiro atoms. The molecule has 0 fully saturated rings. The molecule has 3 rings (SSSR count). The first kappa shape index (κ1) is 19.4. The number of rotatable bonds is 2. The number of anilines is 1. The third kappa shape index (κ3) is 3.17. The van der Waals surface area contributed by atoms with Crippen LogP contribution in [0.4, 0.5) is 18.9 Å². The number of aromatic nitrogens is 2. The summed E-state index contributed by atoms with van der Waals surface area (Å²) < 4.78 is 41.3. The summed E-state index contributed by atoms with van der Waals surface area (Å²) in [5.74, 6) is 0.297. The predicted molar refractivity (Wildman–Crippen MR) is 104 cm³/mol. The second-order valence-corrected chi connectivity index (χ2v) is 8.51. The van der Waals surface area contributed by atoms with Gasteiger partial charge in [-0.2, -0.15) is 18.3 Å². The zero-order chi connectivity index (χ0) is 19.4. The summed E-state index contributed by atoms with van der Waals surface area (Å²) in [7, 11) is 1.44. The Morgan fingerprint density at radius 2 is 2.04 bits per heavy atom. The molecule has 0 bridgehead atoms. The third-order valence-corrected chi connectivity index (χ3v) is 6.08. The number of hydrogen-bond acceptors (Lipinski definition) is 2. The van der Waals surface area contributed by atoms with E-state index in [2.05, 4.69) is 53.2 Å². The normalized spacial score (nSPS) is 18.7. The van der Waals surface area contributed by atoms with Crippen LogP contribution in [0.3, 0.4) is 0 Å². The van der Waals surface area contributed by atoms with Crippen molar-refractivity contribution < 1.29 is 13.2 Å². The molecule has 0 aliphatic heterocycles. The van der Waals surface area contributed by atoms with Gasteiger partial charge in [0.15, 0.2) is 5.69 Å². The van der Waals surface area contributed by atoms with E-state index in [9.17, 15) is 13.2 Å². The Bertz CT molecular complexity index is 887. The summed E-state index contributed by atoms with van der Waals surface area (Å²) in [6.45, 7) is 6.48. The SMILES string of the molecule is CC1CC(C)(C)c2cccc(NC(=S)c3c(C(F)(F)F)nn(C)c3Br)c21. The molecule has 1 N–H and O–H groups in total. The molecule has 1 aromatic heterocycles. The highest BCUT2D eigenvalue weighted by molar-refractivity contribution is 9.10. The number of hydrogen-bond donors (Lipinski definition) is 1. The van der Waals surface area contributed by atoms with Crippen LogP contribution in [0.5, 0.6) is 0 Å².